The van der Waals surface area contributed by atoms with E-state index in [2.05, 4.69) is 41.1 Å². The van der Waals surface area contributed by atoms with Gasteiger partial charge in [0.1, 0.15) is 6.54 Å². The number of aromatic nitrogens is 3. The second kappa shape index (κ2) is 10.2. The van der Waals surface area contributed by atoms with E-state index < -0.39 is 0 Å². The van der Waals surface area contributed by atoms with Gasteiger partial charge in [-0.05, 0) is 62.6 Å². The largest absolute Gasteiger partial charge is 1.00 e. The SMILES string of the molecule is Cc1ccc(NCc2nn(CC(=O)c3ccc(Cl)cc3)c3[n+]2CCCCC3)cc1.[Br-]. The smallest absolute Gasteiger partial charge is 0.296 e. The normalized spacial score (nSPS) is 13.1. The molecule has 7 heteroatoms. The lowest BCUT2D eigenvalue weighted by atomic mass is 10.1. The van der Waals surface area contributed by atoms with E-state index in [1.807, 2.05) is 4.68 Å². The molecule has 0 fully saturated rings. The molecule has 1 N–H and O–H groups in total. The van der Waals surface area contributed by atoms with Gasteiger partial charge in [-0.15, -0.1) is 4.68 Å². The fourth-order valence-corrected chi connectivity index (χ4v) is 3.89. The molecule has 0 unspecified atom stereocenters. The lowest BCUT2D eigenvalue weighted by Gasteiger charge is -2.05. The summed E-state index contributed by atoms with van der Waals surface area (Å²) in [6.45, 7) is 3.92. The molecule has 1 aliphatic rings. The molecule has 0 bridgehead atoms. The minimum Gasteiger partial charge on any atom is -1.00 e. The molecule has 30 heavy (non-hydrogen) atoms. The number of Topliss-reactive ketones (excluding diaryl/α,β-unsaturated/α-hetero) is 1. The van der Waals surface area contributed by atoms with Crippen LogP contribution in [0.5, 0.6) is 0 Å². The summed E-state index contributed by atoms with van der Waals surface area (Å²) in [6, 6.07) is 15.4. The molecule has 3 aromatic rings. The second-order valence-electron chi connectivity index (χ2n) is 7.60. The average molecular weight is 490 g/mol. The highest BCUT2D eigenvalue weighted by molar-refractivity contribution is 6.30. The summed E-state index contributed by atoms with van der Waals surface area (Å²) in [5.41, 5.74) is 2.98. The van der Waals surface area contributed by atoms with Crippen LogP contribution >= 0.6 is 11.6 Å². The van der Waals surface area contributed by atoms with Gasteiger partial charge in [-0.2, -0.15) is 0 Å². The van der Waals surface area contributed by atoms with E-state index in [9.17, 15) is 4.79 Å². The first kappa shape index (κ1) is 22.5. The molecule has 0 spiro atoms. The second-order valence-corrected chi connectivity index (χ2v) is 8.04. The number of aryl methyl sites for hydroxylation is 1. The van der Waals surface area contributed by atoms with Crippen LogP contribution in [-0.4, -0.2) is 15.6 Å². The van der Waals surface area contributed by atoms with Gasteiger partial charge in [-0.25, -0.2) is 4.57 Å². The Hall–Kier alpha value is -2.18. The summed E-state index contributed by atoms with van der Waals surface area (Å²) >= 11 is 5.95. The van der Waals surface area contributed by atoms with E-state index >= 15 is 0 Å². The van der Waals surface area contributed by atoms with Gasteiger partial charge in [0.05, 0.1) is 6.54 Å². The van der Waals surface area contributed by atoms with Crippen molar-refractivity contribution in [2.75, 3.05) is 5.32 Å². The number of carbonyl (C=O) groups excluding carboxylic acids is 1. The van der Waals surface area contributed by atoms with E-state index in [0.29, 0.717) is 17.1 Å². The van der Waals surface area contributed by atoms with Gasteiger partial charge in [-0.1, -0.05) is 29.3 Å². The minimum atomic E-state index is 0. The topological polar surface area (TPSA) is 50.8 Å². The fraction of sp³-hybridized carbons (Fsp3) is 0.348. The molecule has 158 valence electrons. The van der Waals surface area contributed by atoms with Gasteiger partial charge < -0.3 is 22.3 Å². The molecule has 0 radical (unpaired) electrons. The molecular weight excluding hydrogens is 464 g/mol. The van der Waals surface area contributed by atoms with Gasteiger partial charge >= 0.3 is 0 Å². The number of fused-ring (bicyclic) bond motifs is 1. The van der Waals surface area contributed by atoms with Crippen LogP contribution in [0.2, 0.25) is 5.02 Å². The zero-order valence-corrected chi connectivity index (χ0v) is 19.4. The van der Waals surface area contributed by atoms with Gasteiger partial charge in [0.15, 0.2) is 12.3 Å². The molecule has 0 saturated carbocycles. The fourth-order valence-electron chi connectivity index (χ4n) is 3.76. The van der Waals surface area contributed by atoms with Crippen molar-refractivity contribution in [3.8, 4) is 0 Å². The zero-order chi connectivity index (χ0) is 20.2. The molecular formula is C23H26BrClN4O. The van der Waals surface area contributed by atoms with E-state index in [4.69, 9.17) is 16.7 Å². The van der Waals surface area contributed by atoms with Crippen LogP contribution in [0, 0.1) is 6.92 Å². The maximum Gasteiger partial charge on any atom is 0.296 e. The molecule has 5 nitrogen and oxygen atoms in total. The maximum absolute atomic E-state index is 12.8. The number of rotatable bonds is 6. The van der Waals surface area contributed by atoms with Crippen molar-refractivity contribution in [3.05, 3.63) is 76.3 Å². The summed E-state index contributed by atoms with van der Waals surface area (Å²) < 4.78 is 4.19. The van der Waals surface area contributed by atoms with Crippen LogP contribution in [0.1, 0.15) is 46.8 Å². The standard InChI is InChI=1S/C23H26ClN4O.BrH/c1-17-6-12-20(13-7-17)25-15-22-26-28(23-5-3-2-4-14-27(22)23)16-21(29)18-8-10-19(24)11-9-18;/h6-13,25H,2-5,14-16H2,1H3;1H/q+1;/p-1. The Labute approximate surface area is 192 Å². The molecule has 1 aliphatic heterocycles. The van der Waals surface area contributed by atoms with Crippen molar-refractivity contribution in [2.24, 2.45) is 0 Å². The van der Waals surface area contributed by atoms with Gasteiger partial charge in [0, 0.05) is 27.8 Å². The van der Waals surface area contributed by atoms with Crippen molar-refractivity contribution < 1.29 is 26.3 Å². The lowest BCUT2D eigenvalue weighted by molar-refractivity contribution is -0.710. The van der Waals surface area contributed by atoms with Crippen LogP contribution in [0.4, 0.5) is 5.69 Å². The van der Waals surface area contributed by atoms with Crippen molar-refractivity contribution in [3.63, 3.8) is 0 Å². The molecule has 0 aliphatic carbocycles. The highest BCUT2D eigenvalue weighted by Gasteiger charge is 2.28. The number of benzene rings is 2. The first-order valence-corrected chi connectivity index (χ1v) is 10.6. The molecule has 1 aromatic heterocycles. The molecule has 0 atom stereocenters. The Morgan fingerprint density at radius 2 is 1.83 bits per heavy atom. The predicted molar refractivity (Wildman–Crippen MR) is 114 cm³/mol. The number of nitrogens with one attached hydrogen (secondary N) is 1. The van der Waals surface area contributed by atoms with E-state index in [1.54, 1.807) is 24.3 Å². The Kier molecular flexibility index (Phi) is 7.67. The first-order valence-electron chi connectivity index (χ1n) is 10.2. The number of anilines is 1. The van der Waals surface area contributed by atoms with E-state index in [-0.39, 0.29) is 29.3 Å². The van der Waals surface area contributed by atoms with Crippen LogP contribution in [0.25, 0.3) is 0 Å². The van der Waals surface area contributed by atoms with E-state index in [1.165, 1.54) is 12.0 Å². The van der Waals surface area contributed by atoms with E-state index in [0.717, 1.165) is 43.1 Å². The third-order valence-electron chi connectivity index (χ3n) is 5.40. The summed E-state index contributed by atoms with van der Waals surface area (Å²) in [6.07, 6.45) is 4.43. The van der Waals surface area contributed by atoms with Gasteiger partial charge in [0.25, 0.3) is 5.82 Å². The van der Waals surface area contributed by atoms with Gasteiger partial charge in [-0.3, -0.25) is 4.79 Å². The highest BCUT2D eigenvalue weighted by Crippen LogP contribution is 2.15. The Morgan fingerprint density at radius 3 is 2.57 bits per heavy atom. The summed E-state index contributed by atoms with van der Waals surface area (Å²) in [7, 11) is 0. The Balaban J connectivity index is 0.00000256. The number of carbonyl (C=O) groups is 1. The Bertz CT molecular complexity index is 999. The number of nitrogens with zero attached hydrogens (tertiary/aromatic N) is 3. The number of hydrogen-bond acceptors (Lipinski definition) is 3. The number of halogens is 2. The van der Waals surface area contributed by atoms with Crippen LogP contribution in [-0.2, 0) is 26.1 Å². The third-order valence-corrected chi connectivity index (χ3v) is 5.65. The van der Waals surface area contributed by atoms with Crippen LogP contribution in [0.15, 0.2) is 48.5 Å². The summed E-state index contributed by atoms with van der Waals surface area (Å²) in [5, 5.41) is 8.92. The highest BCUT2D eigenvalue weighted by atomic mass is 79.9. The Morgan fingerprint density at radius 1 is 1.10 bits per heavy atom. The summed E-state index contributed by atoms with van der Waals surface area (Å²) in [5.74, 6) is 2.17. The molecule has 0 amide bonds. The maximum atomic E-state index is 12.8. The number of hydrogen-bond donors (Lipinski definition) is 1. The molecule has 4 rings (SSSR count). The predicted octanol–water partition coefficient (Wildman–Crippen LogP) is 1.36. The molecule has 2 heterocycles. The lowest BCUT2D eigenvalue weighted by Crippen LogP contribution is -3.00. The van der Waals surface area contributed by atoms with Crippen molar-refractivity contribution in [1.29, 1.82) is 0 Å². The third kappa shape index (κ3) is 5.29. The monoisotopic (exact) mass is 488 g/mol. The van der Waals surface area contributed by atoms with Crippen LogP contribution in [0.3, 0.4) is 0 Å². The van der Waals surface area contributed by atoms with Crippen LogP contribution < -0.4 is 26.9 Å². The van der Waals surface area contributed by atoms with Gasteiger partial charge in [0.2, 0.25) is 5.82 Å². The zero-order valence-electron chi connectivity index (χ0n) is 17.1. The summed E-state index contributed by atoms with van der Waals surface area (Å²) in [4.78, 5) is 12.8. The average Bonchev–Trinajstić information content (AvgIpc) is 2.89. The van der Waals surface area contributed by atoms with Crippen molar-refractivity contribution in [1.82, 2.24) is 9.78 Å². The quantitative estimate of drug-likeness (QED) is 0.420. The minimum absolute atomic E-state index is 0. The molecule has 2 aromatic carbocycles. The van der Waals surface area contributed by atoms with Crippen molar-refractivity contribution in [2.45, 2.75) is 52.2 Å². The number of ketones is 1. The van der Waals surface area contributed by atoms with Crippen molar-refractivity contribution >= 4 is 23.1 Å². The first-order chi connectivity index (χ1) is 14.1. The molecule has 0 saturated heterocycles.